The first-order valence-electron chi connectivity index (χ1n) is 9.09. The molecule has 1 N–H and O–H groups in total. The predicted octanol–water partition coefficient (Wildman–Crippen LogP) is 2.16. The van der Waals surface area contributed by atoms with Crippen molar-refractivity contribution >= 4 is 5.91 Å². The van der Waals surface area contributed by atoms with E-state index in [4.69, 9.17) is 0 Å². The fraction of sp³-hybridized carbons (Fsp3) is 0.833. The van der Waals surface area contributed by atoms with E-state index in [0.717, 1.165) is 37.2 Å². The molecule has 1 amide bonds. The number of nitrogens with one attached hydrogen (secondary N) is 1. The number of piperidine rings is 1. The molecule has 2 heterocycles. The van der Waals surface area contributed by atoms with Crippen LogP contribution in [0, 0.1) is 25.7 Å². The molecule has 0 bridgehead atoms. The highest BCUT2D eigenvalue weighted by molar-refractivity contribution is 5.78. The Kier molecular flexibility index (Phi) is 6.01. The first-order valence-corrected chi connectivity index (χ1v) is 9.09. The van der Waals surface area contributed by atoms with E-state index in [1.54, 1.807) is 0 Å². The number of rotatable bonds is 6. The Bertz CT molecular complexity index is 566. The molecule has 1 saturated heterocycles. The van der Waals surface area contributed by atoms with Crippen molar-refractivity contribution in [3.05, 3.63) is 11.6 Å². The summed E-state index contributed by atoms with van der Waals surface area (Å²) in [5, 5.41) is 7.57. The van der Waals surface area contributed by atoms with Gasteiger partial charge in [0, 0.05) is 18.6 Å². The summed E-state index contributed by atoms with van der Waals surface area (Å²) >= 11 is 0. The van der Waals surface area contributed by atoms with E-state index < -0.39 is 0 Å². The summed E-state index contributed by atoms with van der Waals surface area (Å²) in [4.78, 5) is 19.4. The number of hydrogen-bond donors (Lipinski definition) is 1. The Hall–Kier alpha value is -1.43. The van der Waals surface area contributed by atoms with Crippen molar-refractivity contribution in [2.75, 3.05) is 19.6 Å². The molecule has 1 aliphatic heterocycles. The van der Waals surface area contributed by atoms with Crippen LogP contribution in [0.1, 0.15) is 52.2 Å². The standard InChI is InChI=1S/C18H33N5O/c1-13-8-7-9-22(10-13)12-18(5,6)20-17(24)14(2)11-23-16(4)19-15(3)21-23/h13-14H,7-12H2,1-6H3,(H,20,24)/t13-,14-/m0/s1. The van der Waals surface area contributed by atoms with Gasteiger partial charge in [-0.1, -0.05) is 13.8 Å². The second-order valence-corrected chi connectivity index (χ2v) is 8.15. The molecule has 1 aromatic heterocycles. The Morgan fingerprint density at radius 3 is 2.71 bits per heavy atom. The number of carbonyl (C=O) groups is 1. The van der Waals surface area contributed by atoms with Crippen molar-refractivity contribution in [3.8, 4) is 0 Å². The van der Waals surface area contributed by atoms with E-state index in [9.17, 15) is 4.79 Å². The third-order valence-corrected chi connectivity index (χ3v) is 4.68. The van der Waals surface area contributed by atoms with Crippen LogP contribution >= 0.6 is 0 Å². The maximum Gasteiger partial charge on any atom is 0.225 e. The maximum absolute atomic E-state index is 12.6. The molecule has 1 aromatic rings. The third kappa shape index (κ3) is 5.30. The minimum Gasteiger partial charge on any atom is -0.350 e. The number of hydrogen-bond acceptors (Lipinski definition) is 4. The molecular formula is C18H33N5O. The number of carbonyl (C=O) groups excluding carboxylic acids is 1. The largest absolute Gasteiger partial charge is 0.350 e. The Balaban J connectivity index is 1.88. The highest BCUT2D eigenvalue weighted by atomic mass is 16.2. The van der Waals surface area contributed by atoms with Crippen LogP contribution < -0.4 is 5.32 Å². The summed E-state index contributed by atoms with van der Waals surface area (Å²) in [5.41, 5.74) is -0.226. The molecule has 0 saturated carbocycles. The van der Waals surface area contributed by atoms with Crippen LogP contribution in [0.3, 0.4) is 0 Å². The lowest BCUT2D eigenvalue weighted by Gasteiger charge is -2.38. The molecule has 1 aliphatic rings. The lowest BCUT2D eigenvalue weighted by molar-refractivity contribution is -0.126. The van der Waals surface area contributed by atoms with Gasteiger partial charge in [-0.05, 0) is 53.0 Å². The molecule has 0 aliphatic carbocycles. The zero-order valence-corrected chi connectivity index (χ0v) is 16.1. The second kappa shape index (κ2) is 7.64. The topological polar surface area (TPSA) is 63.1 Å². The van der Waals surface area contributed by atoms with Gasteiger partial charge < -0.3 is 10.2 Å². The second-order valence-electron chi connectivity index (χ2n) is 8.15. The van der Waals surface area contributed by atoms with Crippen LogP contribution in [0.25, 0.3) is 0 Å². The fourth-order valence-corrected chi connectivity index (χ4v) is 3.56. The number of aromatic nitrogens is 3. The third-order valence-electron chi connectivity index (χ3n) is 4.68. The van der Waals surface area contributed by atoms with Crippen molar-refractivity contribution in [3.63, 3.8) is 0 Å². The summed E-state index contributed by atoms with van der Waals surface area (Å²) < 4.78 is 1.82. The van der Waals surface area contributed by atoms with Gasteiger partial charge >= 0.3 is 0 Å². The van der Waals surface area contributed by atoms with Crippen LogP contribution in [0.2, 0.25) is 0 Å². The Morgan fingerprint density at radius 2 is 2.12 bits per heavy atom. The van der Waals surface area contributed by atoms with Gasteiger partial charge in [-0.25, -0.2) is 9.67 Å². The van der Waals surface area contributed by atoms with Gasteiger partial charge in [0.1, 0.15) is 11.6 Å². The van der Waals surface area contributed by atoms with Gasteiger partial charge in [0.2, 0.25) is 5.91 Å². The molecule has 1 fully saturated rings. The van der Waals surface area contributed by atoms with E-state index in [0.29, 0.717) is 6.54 Å². The molecule has 0 unspecified atom stereocenters. The zero-order valence-electron chi connectivity index (χ0n) is 16.1. The normalized spacial score (nSPS) is 20.8. The molecule has 6 heteroatoms. The molecule has 0 spiro atoms. The van der Waals surface area contributed by atoms with E-state index in [-0.39, 0.29) is 17.4 Å². The Labute approximate surface area is 146 Å². The van der Waals surface area contributed by atoms with Crippen LogP contribution in [-0.4, -0.2) is 50.7 Å². The minimum atomic E-state index is -0.226. The van der Waals surface area contributed by atoms with Crippen LogP contribution in [0.15, 0.2) is 0 Å². The minimum absolute atomic E-state index is 0.0811. The molecule has 2 atom stereocenters. The molecule has 2 rings (SSSR count). The number of amides is 1. The molecule has 0 aromatic carbocycles. The first-order chi connectivity index (χ1) is 11.2. The number of nitrogens with zero attached hydrogens (tertiary/aromatic N) is 4. The van der Waals surface area contributed by atoms with Gasteiger partial charge in [0.25, 0.3) is 0 Å². The average molecular weight is 335 g/mol. The number of aryl methyl sites for hydroxylation is 2. The van der Waals surface area contributed by atoms with Crippen molar-refractivity contribution in [2.45, 2.75) is 66.5 Å². The summed E-state index contributed by atoms with van der Waals surface area (Å²) in [6.07, 6.45) is 2.57. The van der Waals surface area contributed by atoms with Crippen LogP contribution in [0.5, 0.6) is 0 Å². The maximum atomic E-state index is 12.6. The smallest absolute Gasteiger partial charge is 0.225 e. The molecule has 0 radical (unpaired) electrons. The van der Waals surface area contributed by atoms with Crippen molar-refractivity contribution in [1.29, 1.82) is 0 Å². The molecule has 24 heavy (non-hydrogen) atoms. The molecule has 6 nitrogen and oxygen atoms in total. The van der Waals surface area contributed by atoms with Crippen molar-refractivity contribution < 1.29 is 4.79 Å². The van der Waals surface area contributed by atoms with Gasteiger partial charge in [0.05, 0.1) is 12.5 Å². The molecule has 136 valence electrons. The van der Waals surface area contributed by atoms with E-state index in [2.05, 4.69) is 41.1 Å². The lowest BCUT2D eigenvalue weighted by Crippen LogP contribution is -2.54. The summed E-state index contributed by atoms with van der Waals surface area (Å²) in [6, 6.07) is 0. The monoisotopic (exact) mass is 335 g/mol. The lowest BCUT2D eigenvalue weighted by atomic mass is 9.96. The van der Waals surface area contributed by atoms with E-state index >= 15 is 0 Å². The zero-order chi connectivity index (χ0) is 17.9. The van der Waals surface area contributed by atoms with Crippen molar-refractivity contribution in [1.82, 2.24) is 25.0 Å². The summed E-state index contributed by atoms with van der Waals surface area (Å²) in [5.74, 6) is 2.30. The van der Waals surface area contributed by atoms with E-state index in [1.165, 1.54) is 12.8 Å². The average Bonchev–Trinajstić information content (AvgIpc) is 2.75. The summed E-state index contributed by atoms with van der Waals surface area (Å²) in [6.45, 7) is 16.0. The highest BCUT2D eigenvalue weighted by Gasteiger charge is 2.28. The molecular weight excluding hydrogens is 302 g/mol. The van der Waals surface area contributed by atoms with Gasteiger partial charge in [0.15, 0.2) is 0 Å². The summed E-state index contributed by atoms with van der Waals surface area (Å²) in [7, 11) is 0. The number of likely N-dealkylation sites (tertiary alicyclic amines) is 1. The van der Waals surface area contributed by atoms with Gasteiger partial charge in [-0.15, -0.1) is 0 Å². The van der Waals surface area contributed by atoms with Gasteiger partial charge in [-0.3, -0.25) is 4.79 Å². The highest BCUT2D eigenvalue weighted by Crippen LogP contribution is 2.18. The predicted molar refractivity (Wildman–Crippen MR) is 95.7 cm³/mol. The Morgan fingerprint density at radius 1 is 1.42 bits per heavy atom. The van der Waals surface area contributed by atoms with Crippen LogP contribution in [0.4, 0.5) is 0 Å². The first kappa shape index (κ1) is 18.9. The van der Waals surface area contributed by atoms with E-state index in [1.807, 2.05) is 25.5 Å². The van der Waals surface area contributed by atoms with Crippen LogP contribution in [-0.2, 0) is 11.3 Å². The van der Waals surface area contributed by atoms with Crippen molar-refractivity contribution in [2.24, 2.45) is 11.8 Å². The quantitative estimate of drug-likeness (QED) is 0.865. The SMILES string of the molecule is Cc1nc(C)n(C[C@H](C)C(=O)NC(C)(C)CN2CCC[C@H](C)C2)n1. The fourth-order valence-electron chi connectivity index (χ4n) is 3.56. The van der Waals surface area contributed by atoms with Gasteiger partial charge in [-0.2, -0.15) is 5.10 Å².